The maximum absolute atomic E-state index is 12.6. The van der Waals surface area contributed by atoms with E-state index in [9.17, 15) is 19.5 Å². The second-order valence-electron chi connectivity index (χ2n) is 13.5. The van der Waals surface area contributed by atoms with Gasteiger partial charge in [-0.2, -0.15) is 0 Å². The number of hydrogen-bond donors (Lipinski definition) is 1. The summed E-state index contributed by atoms with van der Waals surface area (Å²) >= 11 is 0. The van der Waals surface area contributed by atoms with E-state index in [1.54, 1.807) is 0 Å². The summed E-state index contributed by atoms with van der Waals surface area (Å²) in [6.07, 6.45) is 26.7. The Morgan fingerprint density at radius 1 is 0.617 bits per heavy atom. The standard InChI is InChI=1S/C38H69NO8/c1-6-8-10-12-14-16-18-19-21-23-25-27-29-36(41)47-34(33-46-38(37(42)43)44-31-30-39(3,4)5)32-45-35(40)28-26-24-22-20-17-15-13-11-9-7-2/h11,13-14,16,34,38H,6-10,12,15,17-33H2,1-5H3/p+1/b13-11-,16-14-. The Morgan fingerprint density at radius 2 is 1.13 bits per heavy atom. The summed E-state index contributed by atoms with van der Waals surface area (Å²) in [6.45, 7) is 4.73. The number of hydrogen-bond acceptors (Lipinski definition) is 7. The SMILES string of the molecule is CCC/C=C\CCCCCCCC(=O)OCC(COC(OCC[N+](C)(C)C)C(=O)O)OC(=O)CCCCCCC/C=C\CCCCC. The molecule has 0 aliphatic carbocycles. The van der Waals surface area contributed by atoms with Crippen molar-refractivity contribution in [1.82, 2.24) is 0 Å². The highest BCUT2D eigenvalue weighted by Crippen LogP contribution is 2.12. The summed E-state index contributed by atoms with van der Waals surface area (Å²) in [5.41, 5.74) is 0. The smallest absolute Gasteiger partial charge is 0.361 e. The number of ether oxygens (including phenoxy) is 4. The van der Waals surface area contributed by atoms with Crippen molar-refractivity contribution in [2.24, 2.45) is 0 Å². The van der Waals surface area contributed by atoms with Crippen LogP contribution in [0.1, 0.15) is 142 Å². The Labute approximate surface area is 287 Å². The van der Waals surface area contributed by atoms with Crippen LogP contribution in [0.3, 0.4) is 0 Å². The zero-order valence-electron chi connectivity index (χ0n) is 30.7. The third kappa shape index (κ3) is 32.1. The maximum atomic E-state index is 12.6. The van der Waals surface area contributed by atoms with Crippen molar-refractivity contribution in [3.63, 3.8) is 0 Å². The van der Waals surface area contributed by atoms with Crippen molar-refractivity contribution in [3.05, 3.63) is 24.3 Å². The van der Waals surface area contributed by atoms with Gasteiger partial charge in [0.2, 0.25) is 0 Å². The molecule has 0 aromatic rings. The molecule has 274 valence electrons. The van der Waals surface area contributed by atoms with E-state index >= 15 is 0 Å². The first-order valence-corrected chi connectivity index (χ1v) is 18.5. The predicted octanol–water partition coefficient (Wildman–Crippen LogP) is 8.55. The van der Waals surface area contributed by atoms with E-state index in [-0.39, 0.29) is 32.2 Å². The number of likely N-dealkylation sites (N-methyl/N-ethyl adjacent to an activating group) is 1. The van der Waals surface area contributed by atoms with Crippen molar-refractivity contribution < 1.29 is 42.9 Å². The topological polar surface area (TPSA) is 108 Å². The lowest BCUT2D eigenvalue weighted by Gasteiger charge is -2.25. The van der Waals surface area contributed by atoms with Gasteiger partial charge in [0.15, 0.2) is 6.10 Å². The third-order valence-electron chi connectivity index (χ3n) is 7.66. The molecule has 0 bridgehead atoms. The fourth-order valence-electron chi connectivity index (χ4n) is 4.71. The molecule has 0 rings (SSSR count). The lowest BCUT2D eigenvalue weighted by atomic mass is 10.1. The van der Waals surface area contributed by atoms with Crippen molar-refractivity contribution >= 4 is 17.9 Å². The second-order valence-corrected chi connectivity index (χ2v) is 13.5. The summed E-state index contributed by atoms with van der Waals surface area (Å²) in [5.74, 6) is -2.04. The molecule has 9 nitrogen and oxygen atoms in total. The summed E-state index contributed by atoms with van der Waals surface area (Å²) in [5, 5.41) is 9.56. The fourth-order valence-corrected chi connectivity index (χ4v) is 4.71. The molecule has 0 heterocycles. The molecule has 2 unspecified atom stereocenters. The summed E-state index contributed by atoms with van der Waals surface area (Å²) < 4.78 is 22.5. The number of carboxylic acid groups (broad SMARTS) is 1. The molecule has 0 saturated carbocycles. The fraction of sp³-hybridized carbons (Fsp3) is 0.816. The summed E-state index contributed by atoms with van der Waals surface area (Å²) in [7, 11) is 5.93. The number of allylic oxidation sites excluding steroid dienone is 4. The number of quaternary nitrogens is 1. The third-order valence-corrected chi connectivity index (χ3v) is 7.66. The summed E-state index contributed by atoms with van der Waals surface area (Å²) in [4.78, 5) is 36.8. The van der Waals surface area contributed by atoms with Crippen LogP contribution in [0.25, 0.3) is 0 Å². The van der Waals surface area contributed by atoms with Gasteiger partial charge in [-0.15, -0.1) is 0 Å². The van der Waals surface area contributed by atoms with Gasteiger partial charge < -0.3 is 28.5 Å². The minimum atomic E-state index is -1.51. The van der Waals surface area contributed by atoms with Crippen LogP contribution in [0.5, 0.6) is 0 Å². The number of carbonyl (C=O) groups is 3. The number of esters is 2. The highest BCUT2D eigenvalue weighted by molar-refractivity contribution is 5.71. The van der Waals surface area contributed by atoms with E-state index in [1.165, 1.54) is 32.1 Å². The zero-order chi connectivity index (χ0) is 35.0. The largest absolute Gasteiger partial charge is 0.477 e. The Morgan fingerprint density at radius 3 is 1.66 bits per heavy atom. The van der Waals surface area contributed by atoms with E-state index in [1.807, 2.05) is 21.1 Å². The van der Waals surface area contributed by atoms with Crippen molar-refractivity contribution in [3.8, 4) is 0 Å². The van der Waals surface area contributed by atoms with Gasteiger partial charge in [-0.25, -0.2) is 4.79 Å². The summed E-state index contributed by atoms with van der Waals surface area (Å²) in [6, 6.07) is 0. The van der Waals surface area contributed by atoms with Gasteiger partial charge in [0.05, 0.1) is 34.4 Å². The lowest BCUT2D eigenvalue weighted by molar-refractivity contribution is -0.870. The molecule has 0 aliphatic heterocycles. The van der Waals surface area contributed by atoms with Crippen LogP contribution in [0.4, 0.5) is 0 Å². The first-order valence-electron chi connectivity index (χ1n) is 18.5. The van der Waals surface area contributed by atoms with Crippen molar-refractivity contribution in [2.75, 3.05) is 47.5 Å². The van der Waals surface area contributed by atoms with Crippen LogP contribution in [0.15, 0.2) is 24.3 Å². The molecule has 2 atom stereocenters. The van der Waals surface area contributed by atoms with E-state index < -0.39 is 24.3 Å². The number of nitrogens with zero attached hydrogens (tertiary/aromatic N) is 1. The molecule has 0 saturated heterocycles. The van der Waals surface area contributed by atoms with Gasteiger partial charge in [-0.3, -0.25) is 9.59 Å². The average molecular weight is 669 g/mol. The zero-order valence-corrected chi connectivity index (χ0v) is 30.7. The number of aliphatic carboxylic acids is 1. The van der Waals surface area contributed by atoms with E-state index in [0.717, 1.165) is 77.0 Å². The monoisotopic (exact) mass is 669 g/mol. The van der Waals surface area contributed by atoms with Crippen LogP contribution in [-0.2, 0) is 33.3 Å². The molecular formula is C38H70NO8+. The highest BCUT2D eigenvalue weighted by atomic mass is 16.7. The van der Waals surface area contributed by atoms with Gasteiger partial charge in [0, 0.05) is 12.8 Å². The van der Waals surface area contributed by atoms with Crippen LogP contribution in [0, 0.1) is 0 Å². The van der Waals surface area contributed by atoms with Gasteiger partial charge in [-0.1, -0.05) is 95.9 Å². The van der Waals surface area contributed by atoms with Crippen LogP contribution in [0.2, 0.25) is 0 Å². The molecule has 47 heavy (non-hydrogen) atoms. The average Bonchev–Trinajstić information content (AvgIpc) is 3.02. The number of carbonyl (C=O) groups excluding carboxylic acids is 2. The van der Waals surface area contributed by atoms with Gasteiger partial charge in [0.25, 0.3) is 6.29 Å². The molecule has 0 amide bonds. The van der Waals surface area contributed by atoms with Crippen molar-refractivity contribution in [2.45, 2.75) is 155 Å². The molecule has 0 aromatic heterocycles. The maximum Gasteiger partial charge on any atom is 0.361 e. The Hall–Kier alpha value is -2.23. The number of rotatable bonds is 33. The van der Waals surface area contributed by atoms with Gasteiger partial charge in [0.1, 0.15) is 13.2 Å². The van der Waals surface area contributed by atoms with Crippen LogP contribution in [-0.4, -0.2) is 87.4 Å². The normalized spacial score (nSPS) is 13.3. The van der Waals surface area contributed by atoms with Crippen LogP contribution >= 0.6 is 0 Å². The van der Waals surface area contributed by atoms with E-state index in [0.29, 0.717) is 23.9 Å². The van der Waals surface area contributed by atoms with E-state index in [2.05, 4.69) is 38.2 Å². The number of unbranched alkanes of at least 4 members (excludes halogenated alkanes) is 14. The quantitative estimate of drug-likeness (QED) is 0.0244. The molecule has 9 heteroatoms. The molecule has 0 fully saturated rings. The lowest BCUT2D eigenvalue weighted by Crippen LogP contribution is -2.40. The molecular weight excluding hydrogens is 598 g/mol. The first kappa shape index (κ1) is 44.8. The van der Waals surface area contributed by atoms with E-state index in [4.69, 9.17) is 18.9 Å². The van der Waals surface area contributed by atoms with Crippen molar-refractivity contribution in [1.29, 1.82) is 0 Å². The Balaban J connectivity index is 4.60. The van der Waals surface area contributed by atoms with Gasteiger partial charge >= 0.3 is 17.9 Å². The second kappa shape index (κ2) is 31.1. The number of carboxylic acids is 1. The Bertz CT molecular complexity index is 836. The molecule has 0 aliphatic rings. The Kier molecular flexibility index (Phi) is 29.6. The molecule has 1 N–H and O–H groups in total. The molecule has 0 radical (unpaired) electrons. The minimum absolute atomic E-state index is 0.185. The minimum Gasteiger partial charge on any atom is -0.477 e. The predicted molar refractivity (Wildman–Crippen MR) is 189 cm³/mol. The first-order chi connectivity index (χ1) is 22.6. The van der Waals surface area contributed by atoms with Gasteiger partial charge in [-0.05, 0) is 57.8 Å². The molecule has 0 spiro atoms. The molecule has 0 aromatic carbocycles. The van der Waals surface area contributed by atoms with Crippen LogP contribution < -0.4 is 0 Å². The highest BCUT2D eigenvalue weighted by Gasteiger charge is 2.25.